The van der Waals surface area contributed by atoms with Crippen molar-refractivity contribution < 1.29 is 0 Å². The van der Waals surface area contributed by atoms with Gasteiger partial charge in [0.1, 0.15) is 0 Å². The largest absolute Gasteiger partial charge is 0.268 e. The van der Waals surface area contributed by atoms with Crippen LogP contribution in [-0.4, -0.2) is 9.78 Å². The number of aromatic nitrogens is 2. The number of fused-ring (bicyclic) bond motifs is 1. The summed E-state index contributed by atoms with van der Waals surface area (Å²) in [6.45, 7) is 3.42. The third kappa shape index (κ3) is 1.39. The minimum Gasteiger partial charge on any atom is -0.268 e. The lowest BCUT2D eigenvalue weighted by Crippen LogP contribution is -2.04. The fraction of sp³-hybridized carbons (Fsp3) is 0.667. The lowest BCUT2D eigenvalue weighted by atomic mass is 10.0. The Morgan fingerprint density at radius 1 is 1.58 bits per heavy atom. The second kappa shape index (κ2) is 3.36. The highest BCUT2D eigenvalue weighted by atomic mass is 127. The molecule has 0 saturated heterocycles. The normalized spacial score (nSPS) is 23.3. The molecule has 0 bridgehead atoms. The van der Waals surface area contributed by atoms with E-state index >= 15 is 0 Å². The van der Waals surface area contributed by atoms with E-state index in [1.54, 1.807) is 0 Å². The maximum atomic E-state index is 4.38. The van der Waals surface area contributed by atoms with Crippen LogP contribution in [0.5, 0.6) is 0 Å². The van der Waals surface area contributed by atoms with Crippen molar-refractivity contribution in [2.75, 3.05) is 0 Å². The summed E-state index contributed by atoms with van der Waals surface area (Å²) in [6, 6.07) is 0. The maximum absolute atomic E-state index is 4.38. The zero-order valence-corrected chi connectivity index (χ0v) is 9.41. The van der Waals surface area contributed by atoms with Crippen molar-refractivity contribution in [1.29, 1.82) is 0 Å². The highest BCUT2D eigenvalue weighted by molar-refractivity contribution is 14.1. The number of nitrogens with zero attached hydrogens (tertiary/aromatic N) is 2. The predicted molar refractivity (Wildman–Crippen MR) is 57.2 cm³/mol. The van der Waals surface area contributed by atoms with Crippen molar-refractivity contribution >= 4 is 22.6 Å². The van der Waals surface area contributed by atoms with Crippen molar-refractivity contribution in [3.8, 4) is 0 Å². The monoisotopic (exact) mass is 276 g/mol. The molecule has 0 fully saturated rings. The third-order valence-corrected chi connectivity index (χ3v) is 3.39. The molecular formula is C9H13IN2. The molecular weight excluding hydrogens is 263 g/mol. The van der Waals surface area contributed by atoms with E-state index in [9.17, 15) is 0 Å². The molecule has 66 valence electrons. The Balaban J connectivity index is 2.42. The second-order valence-corrected chi connectivity index (χ2v) is 4.66. The highest BCUT2D eigenvalue weighted by Crippen LogP contribution is 2.28. The van der Waals surface area contributed by atoms with E-state index in [1.807, 2.05) is 6.20 Å². The first-order valence-corrected chi connectivity index (χ1v) is 5.58. The Morgan fingerprint density at radius 3 is 3.25 bits per heavy atom. The molecule has 0 spiro atoms. The zero-order chi connectivity index (χ0) is 8.55. The van der Waals surface area contributed by atoms with Gasteiger partial charge in [-0.3, -0.25) is 4.68 Å². The van der Waals surface area contributed by atoms with Gasteiger partial charge < -0.3 is 0 Å². The number of halogens is 1. The second-order valence-electron chi connectivity index (χ2n) is 3.50. The van der Waals surface area contributed by atoms with E-state index in [4.69, 9.17) is 0 Å². The molecule has 0 aromatic carbocycles. The Kier molecular flexibility index (Phi) is 2.39. The van der Waals surface area contributed by atoms with Crippen LogP contribution in [0.2, 0.25) is 0 Å². The summed E-state index contributed by atoms with van der Waals surface area (Å²) < 4.78 is 3.52. The Morgan fingerprint density at radius 2 is 2.42 bits per heavy atom. The van der Waals surface area contributed by atoms with Gasteiger partial charge in [-0.25, -0.2) is 0 Å². The van der Waals surface area contributed by atoms with Gasteiger partial charge in [0.05, 0.1) is 15.5 Å². The van der Waals surface area contributed by atoms with Crippen molar-refractivity contribution in [3.63, 3.8) is 0 Å². The summed E-state index contributed by atoms with van der Waals surface area (Å²) in [5.41, 5.74) is 1.45. The van der Waals surface area contributed by atoms with Crippen LogP contribution in [0.15, 0.2) is 6.20 Å². The summed E-state index contributed by atoms with van der Waals surface area (Å²) in [5, 5.41) is 4.38. The van der Waals surface area contributed by atoms with Gasteiger partial charge in [-0.05, 0) is 41.4 Å². The number of rotatable bonds is 0. The molecule has 1 aliphatic rings. The topological polar surface area (TPSA) is 17.8 Å². The molecule has 1 atom stereocenters. The first-order chi connectivity index (χ1) is 5.79. The van der Waals surface area contributed by atoms with E-state index in [2.05, 4.69) is 39.3 Å². The van der Waals surface area contributed by atoms with E-state index in [-0.39, 0.29) is 0 Å². The summed E-state index contributed by atoms with van der Waals surface area (Å²) in [5.74, 6) is 0.696. The number of hydrogen-bond acceptors (Lipinski definition) is 1. The first kappa shape index (κ1) is 8.53. The van der Waals surface area contributed by atoms with Crippen LogP contribution >= 0.6 is 22.6 Å². The van der Waals surface area contributed by atoms with E-state index in [0.717, 1.165) is 6.54 Å². The van der Waals surface area contributed by atoms with Crippen LogP contribution in [0.25, 0.3) is 0 Å². The van der Waals surface area contributed by atoms with Crippen LogP contribution in [0, 0.1) is 3.57 Å². The summed E-state index contributed by atoms with van der Waals surface area (Å²) in [7, 11) is 0. The maximum Gasteiger partial charge on any atom is 0.0626 e. The Hall–Kier alpha value is -0.0600. The van der Waals surface area contributed by atoms with E-state index in [1.165, 1.54) is 28.5 Å². The van der Waals surface area contributed by atoms with Crippen LogP contribution in [0.4, 0.5) is 0 Å². The number of aryl methyl sites for hydroxylation is 1. The van der Waals surface area contributed by atoms with Gasteiger partial charge >= 0.3 is 0 Å². The quantitative estimate of drug-likeness (QED) is 0.666. The molecule has 1 aromatic rings. The average Bonchev–Trinajstić information content (AvgIpc) is 2.29. The first-order valence-electron chi connectivity index (χ1n) is 4.50. The highest BCUT2D eigenvalue weighted by Gasteiger charge is 2.18. The molecule has 12 heavy (non-hydrogen) atoms. The Bertz CT molecular complexity index is 280. The van der Waals surface area contributed by atoms with Gasteiger partial charge in [-0.1, -0.05) is 13.3 Å². The lowest BCUT2D eigenvalue weighted by molar-refractivity contribution is 0.576. The lowest BCUT2D eigenvalue weighted by Gasteiger charge is -2.08. The summed E-state index contributed by atoms with van der Waals surface area (Å²) in [4.78, 5) is 0. The molecule has 0 N–H and O–H groups in total. The van der Waals surface area contributed by atoms with Crippen molar-refractivity contribution in [1.82, 2.24) is 9.78 Å². The van der Waals surface area contributed by atoms with Gasteiger partial charge in [-0.15, -0.1) is 0 Å². The van der Waals surface area contributed by atoms with Gasteiger partial charge in [-0.2, -0.15) is 5.10 Å². The Labute approximate surface area is 86.5 Å². The number of hydrogen-bond donors (Lipinski definition) is 0. The van der Waals surface area contributed by atoms with Crippen LogP contribution in [-0.2, 0) is 6.54 Å². The van der Waals surface area contributed by atoms with Crippen molar-refractivity contribution in [2.24, 2.45) is 0 Å². The summed E-state index contributed by atoms with van der Waals surface area (Å²) in [6.07, 6.45) is 5.94. The fourth-order valence-electron chi connectivity index (χ4n) is 1.89. The molecule has 1 aromatic heterocycles. The molecule has 2 heterocycles. The molecule has 3 heteroatoms. The summed E-state index contributed by atoms with van der Waals surface area (Å²) >= 11 is 2.39. The zero-order valence-electron chi connectivity index (χ0n) is 7.26. The molecule has 0 saturated carbocycles. The van der Waals surface area contributed by atoms with Crippen LogP contribution < -0.4 is 0 Å². The minimum atomic E-state index is 0.696. The third-order valence-electron chi connectivity index (χ3n) is 2.56. The van der Waals surface area contributed by atoms with Gasteiger partial charge in [0, 0.05) is 6.54 Å². The molecule has 0 amide bonds. The van der Waals surface area contributed by atoms with Gasteiger partial charge in [0.2, 0.25) is 0 Å². The predicted octanol–water partition coefficient (Wildman–Crippen LogP) is 2.78. The van der Waals surface area contributed by atoms with Gasteiger partial charge in [0.15, 0.2) is 0 Å². The molecule has 2 rings (SSSR count). The van der Waals surface area contributed by atoms with Crippen molar-refractivity contribution in [3.05, 3.63) is 15.5 Å². The SMILES string of the molecule is CC1CCCCn2ncc(I)c21. The minimum absolute atomic E-state index is 0.696. The standard InChI is InChI=1S/C9H13IN2/c1-7-4-2-3-5-12-9(7)8(10)6-11-12/h6-7H,2-5H2,1H3. The van der Waals surface area contributed by atoms with Crippen LogP contribution in [0.3, 0.4) is 0 Å². The van der Waals surface area contributed by atoms with E-state index in [0.29, 0.717) is 5.92 Å². The van der Waals surface area contributed by atoms with Crippen molar-refractivity contribution in [2.45, 2.75) is 38.6 Å². The average molecular weight is 276 g/mol. The van der Waals surface area contributed by atoms with E-state index < -0.39 is 0 Å². The molecule has 1 unspecified atom stereocenters. The smallest absolute Gasteiger partial charge is 0.0626 e. The molecule has 0 radical (unpaired) electrons. The fourth-order valence-corrected chi connectivity index (χ4v) is 2.82. The molecule has 0 aliphatic carbocycles. The molecule has 2 nitrogen and oxygen atoms in total. The van der Waals surface area contributed by atoms with Crippen LogP contribution in [0.1, 0.15) is 37.8 Å². The molecule has 1 aliphatic heterocycles. The van der Waals surface area contributed by atoms with Gasteiger partial charge in [0.25, 0.3) is 0 Å².